The van der Waals surface area contributed by atoms with Gasteiger partial charge in [0.05, 0.1) is 6.20 Å². The van der Waals surface area contributed by atoms with Crippen molar-refractivity contribution < 1.29 is 9.21 Å². The Labute approximate surface area is 133 Å². The van der Waals surface area contributed by atoms with Gasteiger partial charge in [0.2, 0.25) is 0 Å². The number of carbonyl (C=O) groups excluding carboxylic acids is 1. The summed E-state index contributed by atoms with van der Waals surface area (Å²) in [6.07, 6.45) is 4.86. The van der Waals surface area contributed by atoms with Gasteiger partial charge in [-0.05, 0) is 31.4 Å². The van der Waals surface area contributed by atoms with E-state index in [1.54, 1.807) is 18.3 Å². The fourth-order valence-corrected chi connectivity index (χ4v) is 3.56. The summed E-state index contributed by atoms with van der Waals surface area (Å²) in [6, 6.07) is 8.38. The zero-order valence-corrected chi connectivity index (χ0v) is 12.6. The molecule has 114 valence electrons. The molecule has 1 aromatic carbocycles. The van der Waals surface area contributed by atoms with Crippen molar-refractivity contribution in [3.05, 3.63) is 41.4 Å². The lowest BCUT2D eigenvalue weighted by Crippen LogP contribution is -2.43. The number of hydrogen-bond acceptors (Lipinski definition) is 4. The summed E-state index contributed by atoms with van der Waals surface area (Å²) in [5, 5.41) is 7.13. The molecule has 2 N–H and O–H groups in total. The highest BCUT2D eigenvalue weighted by Crippen LogP contribution is 2.28. The summed E-state index contributed by atoms with van der Waals surface area (Å²) in [4.78, 5) is 16.4. The average molecular weight is 318 g/mol. The highest BCUT2D eigenvalue weighted by atomic mass is 35.5. The van der Waals surface area contributed by atoms with Gasteiger partial charge in [-0.3, -0.25) is 4.79 Å². The van der Waals surface area contributed by atoms with Gasteiger partial charge in [0.1, 0.15) is 0 Å². The van der Waals surface area contributed by atoms with Crippen LogP contribution in [0.3, 0.4) is 0 Å². The Bertz CT molecular complexity index is 715. The van der Waals surface area contributed by atoms with Gasteiger partial charge in [0.15, 0.2) is 5.76 Å². The van der Waals surface area contributed by atoms with Gasteiger partial charge in [0.25, 0.3) is 5.89 Å². The Morgan fingerprint density at radius 3 is 3.05 bits per heavy atom. The lowest BCUT2D eigenvalue weighted by molar-refractivity contribution is 0.0896. The standard InChI is InChI=1S/C16H16ClN3O2/c17-10-3-1-2-9(6-10)14-8-18-16(22-14)15(21)20-13-7-11-4-5-12(13)19-11/h1-3,6,8,11-13,19H,4-5,7H2,(H,20,21). The minimum atomic E-state index is -0.257. The van der Waals surface area contributed by atoms with E-state index in [-0.39, 0.29) is 17.8 Å². The first-order valence-electron chi connectivity index (χ1n) is 7.48. The number of fused-ring (bicyclic) bond motifs is 2. The molecular formula is C16H16ClN3O2. The predicted molar refractivity (Wildman–Crippen MR) is 82.8 cm³/mol. The molecule has 0 radical (unpaired) electrons. The predicted octanol–water partition coefficient (Wildman–Crippen LogP) is 2.62. The first-order valence-corrected chi connectivity index (χ1v) is 7.85. The number of benzene rings is 1. The molecule has 3 heterocycles. The summed E-state index contributed by atoms with van der Waals surface area (Å²) < 4.78 is 5.57. The van der Waals surface area contributed by atoms with E-state index in [0.717, 1.165) is 18.4 Å². The van der Waals surface area contributed by atoms with Crippen molar-refractivity contribution in [2.45, 2.75) is 37.4 Å². The second-order valence-corrected chi connectivity index (χ2v) is 6.34. The Hall–Kier alpha value is -1.85. The van der Waals surface area contributed by atoms with Crippen LogP contribution in [0.25, 0.3) is 11.3 Å². The third-order valence-corrected chi connectivity index (χ3v) is 4.66. The Balaban J connectivity index is 1.48. The number of amides is 1. The van der Waals surface area contributed by atoms with E-state index < -0.39 is 0 Å². The molecule has 2 saturated heterocycles. The van der Waals surface area contributed by atoms with Gasteiger partial charge in [-0.2, -0.15) is 0 Å². The molecule has 2 fully saturated rings. The van der Waals surface area contributed by atoms with Crippen molar-refractivity contribution in [2.75, 3.05) is 0 Å². The Morgan fingerprint density at radius 1 is 1.41 bits per heavy atom. The van der Waals surface area contributed by atoms with Crippen LogP contribution in [0.5, 0.6) is 0 Å². The van der Waals surface area contributed by atoms with Gasteiger partial charge in [-0.25, -0.2) is 4.98 Å². The molecule has 0 spiro atoms. The zero-order chi connectivity index (χ0) is 15.1. The largest absolute Gasteiger partial charge is 0.432 e. The van der Waals surface area contributed by atoms with E-state index >= 15 is 0 Å². The van der Waals surface area contributed by atoms with Gasteiger partial charge >= 0.3 is 5.91 Å². The van der Waals surface area contributed by atoms with E-state index in [2.05, 4.69) is 15.6 Å². The molecule has 3 atom stereocenters. The number of carbonyl (C=O) groups is 1. The number of rotatable bonds is 3. The minimum Gasteiger partial charge on any atom is -0.432 e. The summed E-state index contributed by atoms with van der Waals surface area (Å²) >= 11 is 5.97. The molecule has 3 unspecified atom stereocenters. The summed E-state index contributed by atoms with van der Waals surface area (Å²) in [5.74, 6) is 0.379. The van der Waals surface area contributed by atoms with Crippen LogP contribution in [0.15, 0.2) is 34.9 Å². The zero-order valence-electron chi connectivity index (χ0n) is 11.9. The highest BCUT2D eigenvalue weighted by Gasteiger charge is 2.40. The van der Waals surface area contributed by atoms with Crippen LogP contribution in [0.4, 0.5) is 0 Å². The highest BCUT2D eigenvalue weighted by molar-refractivity contribution is 6.30. The molecule has 2 aliphatic rings. The number of nitrogens with one attached hydrogen (secondary N) is 2. The maximum Gasteiger partial charge on any atom is 0.307 e. The van der Waals surface area contributed by atoms with Crippen molar-refractivity contribution >= 4 is 17.5 Å². The van der Waals surface area contributed by atoms with Gasteiger partial charge in [0, 0.05) is 28.7 Å². The maximum atomic E-state index is 12.3. The molecule has 2 aromatic rings. The second kappa shape index (κ2) is 5.41. The SMILES string of the molecule is O=C(NC1CC2CCC1N2)c1ncc(-c2cccc(Cl)c2)o1. The first-order chi connectivity index (χ1) is 10.7. The summed E-state index contributed by atoms with van der Waals surface area (Å²) in [5.41, 5.74) is 0.806. The molecule has 4 rings (SSSR count). The number of halogens is 1. The lowest BCUT2D eigenvalue weighted by Gasteiger charge is -2.20. The molecule has 5 nitrogen and oxygen atoms in total. The maximum absolute atomic E-state index is 12.3. The minimum absolute atomic E-state index is 0.0951. The first kappa shape index (κ1) is 13.8. The molecule has 22 heavy (non-hydrogen) atoms. The fraction of sp³-hybridized carbons (Fsp3) is 0.375. The van der Waals surface area contributed by atoms with Gasteiger partial charge in [-0.1, -0.05) is 23.7 Å². The molecular weight excluding hydrogens is 302 g/mol. The topological polar surface area (TPSA) is 67.2 Å². The monoisotopic (exact) mass is 317 g/mol. The van der Waals surface area contributed by atoms with Crippen LogP contribution in [-0.4, -0.2) is 29.0 Å². The number of nitrogens with zero attached hydrogens (tertiary/aromatic N) is 1. The quantitative estimate of drug-likeness (QED) is 0.913. The number of hydrogen-bond donors (Lipinski definition) is 2. The Kier molecular flexibility index (Phi) is 3.39. The summed E-state index contributed by atoms with van der Waals surface area (Å²) in [7, 11) is 0. The van der Waals surface area contributed by atoms with Gasteiger partial charge in [-0.15, -0.1) is 0 Å². The van der Waals surface area contributed by atoms with Crippen molar-refractivity contribution in [1.82, 2.24) is 15.6 Å². The van der Waals surface area contributed by atoms with Crippen LogP contribution in [0.2, 0.25) is 5.02 Å². The summed E-state index contributed by atoms with van der Waals surface area (Å²) in [6.45, 7) is 0. The molecule has 2 aliphatic heterocycles. The molecule has 0 saturated carbocycles. The Morgan fingerprint density at radius 2 is 2.32 bits per heavy atom. The fourth-order valence-electron chi connectivity index (χ4n) is 3.37. The van der Waals surface area contributed by atoms with Crippen LogP contribution in [-0.2, 0) is 0 Å². The number of oxazole rings is 1. The molecule has 0 aliphatic carbocycles. The molecule has 2 bridgehead atoms. The average Bonchev–Trinajstić information content (AvgIpc) is 3.23. The number of aromatic nitrogens is 1. The van der Waals surface area contributed by atoms with Crippen molar-refractivity contribution in [1.29, 1.82) is 0 Å². The normalized spacial score (nSPS) is 26.3. The van der Waals surface area contributed by atoms with E-state index in [4.69, 9.17) is 16.0 Å². The van der Waals surface area contributed by atoms with Crippen LogP contribution in [0.1, 0.15) is 29.9 Å². The van der Waals surface area contributed by atoms with E-state index in [1.807, 2.05) is 12.1 Å². The molecule has 6 heteroatoms. The third kappa shape index (κ3) is 2.51. The van der Waals surface area contributed by atoms with Gasteiger partial charge < -0.3 is 15.1 Å². The van der Waals surface area contributed by atoms with Crippen molar-refractivity contribution in [2.24, 2.45) is 0 Å². The van der Waals surface area contributed by atoms with E-state index in [9.17, 15) is 4.79 Å². The van der Waals surface area contributed by atoms with Crippen LogP contribution < -0.4 is 10.6 Å². The lowest BCUT2D eigenvalue weighted by atomic mass is 9.95. The molecule has 1 aromatic heterocycles. The smallest absolute Gasteiger partial charge is 0.307 e. The van der Waals surface area contributed by atoms with Crippen LogP contribution >= 0.6 is 11.6 Å². The molecule has 1 amide bonds. The van der Waals surface area contributed by atoms with Crippen molar-refractivity contribution in [3.63, 3.8) is 0 Å². The van der Waals surface area contributed by atoms with Crippen molar-refractivity contribution in [3.8, 4) is 11.3 Å². The second-order valence-electron chi connectivity index (χ2n) is 5.90. The van der Waals surface area contributed by atoms with E-state index in [1.165, 1.54) is 6.42 Å². The van der Waals surface area contributed by atoms with Crippen LogP contribution in [0, 0.1) is 0 Å². The van der Waals surface area contributed by atoms with E-state index in [0.29, 0.717) is 22.9 Å². The third-order valence-electron chi connectivity index (χ3n) is 4.43.